The molecule has 0 radical (unpaired) electrons. The fourth-order valence-electron chi connectivity index (χ4n) is 2.45. The van der Waals surface area contributed by atoms with Crippen LogP contribution in [0.2, 0.25) is 5.02 Å². The smallest absolute Gasteiger partial charge is 0.137 e. The summed E-state index contributed by atoms with van der Waals surface area (Å²) in [6, 6.07) is 14.2. The molecule has 0 saturated heterocycles. The molecule has 2 aromatic rings. The predicted molar refractivity (Wildman–Crippen MR) is 73.9 cm³/mol. The number of fused-ring (bicyclic) bond motifs is 1. The lowest BCUT2D eigenvalue weighted by Crippen LogP contribution is -2.12. The van der Waals surface area contributed by atoms with E-state index in [1.807, 2.05) is 18.2 Å². The summed E-state index contributed by atoms with van der Waals surface area (Å²) in [4.78, 5) is 11.4. The fourth-order valence-corrected chi connectivity index (χ4v) is 2.64. The number of aryl methyl sites for hydroxylation is 1. The van der Waals surface area contributed by atoms with Gasteiger partial charge in [0, 0.05) is 17.9 Å². The van der Waals surface area contributed by atoms with Gasteiger partial charge in [-0.15, -0.1) is 0 Å². The van der Waals surface area contributed by atoms with Gasteiger partial charge in [-0.2, -0.15) is 0 Å². The van der Waals surface area contributed by atoms with Gasteiger partial charge in [-0.3, -0.25) is 4.79 Å². The van der Waals surface area contributed by atoms with Gasteiger partial charge < -0.3 is 0 Å². The Morgan fingerprint density at radius 1 is 0.889 bits per heavy atom. The maximum atomic E-state index is 11.4. The Morgan fingerprint density at radius 2 is 1.72 bits per heavy atom. The van der Waals surface area contributed by atoms with E-state index in [1.54, 1.807) is 0 Å². The van der Waals surface area contributed by atoms with E-state index in [-0.39, 0.29) is 0 Å². The van der Waals surface area contributed by atoms with Crippen LogP contribution >= 0.6 is 11.6 Å². The van der Waals surface area contributed by atoms with Gasteiger partial charge in [-0.25, -0.2) is 0 Å². The lowest BCUT2D eigenvalue weighted by Gasteiger charge is -2.16. The first-order valence-corrected chi connectivity index (χ1v) is 6.49. The molecule has 1 aliphatic rings. The van der Waals surface area contributed by atoms with Crippen LogP contribution in [-0.4, -0.2) is 5.78 Å². The second-order valence-electron chi connectivity index (χ2n) is 4.71. The van der Waals surface area contributed by atoms with E-state index in [0.717, 1.165) is 17.0 Å². The molecule has 0 heterocycles. The van der Waals surface area contributed by atoms with E-state index in [1.165, 1.54) is 16.7 Å². The van der Waals surface area contributed by atoms with Crippen LogP contribution in [0.3, 0.4) is 0 Å². The van der Waals surface area contributed by atoms with Gasteiger partial charge >= 0.3 is 0 Å². The molecule has 0 N–H and O–H groups in total. The van der Waals surface area contributed by atoms with Gasteiger partial charge in [-0.1, -0.05) is 41.9 Å². The van der Waals surface area contributed by atoms with E-state index in [0.29, 0.717) is 18.6 Å². The molecule has 0 bridgehead atoms. The van der Waals surface area contributed by atoms with Crippen LogP contribution in [0.15, 0.2) is 42.5 Å². The van der Waals surface area contributed by atoms with Crippen LogP contribution in [0, 0.1) is 0 Å². The first kappa shape index (κ1) is 11.5. The number of hydrogen-bond acceptors (Lipinski definition) is 1. The number of Topliss-reactive ketones (excluding diaryl/α,β-unsaturated/α-hetero) is 1. The molecule has 2 heteroatoms. The first-order chi connectivity index (χ1) is 8.72. The van der Waals surface area contributed by atoms with Crippen molar-refractivity contribution in [2.75, 3.05) is 0 Å². The Hall–Kier alpha value is -1.60. The highest BCUT2D eigenvalue weighted by Gasteiger charge is 2.15. The van der Waals surface area contributed by atoms with Gasteiger partial charge in [0.05, 0.1) is 0 Å². The van der Waals surface area contributed by atoms with Crippen molar-refractivity contribution in [3.05, 3.63) is 58.6 Å². The monoisotopic (exact) mass is 256 g/mol. The van der Waals surface area contributed by atoms with Gasteiger partial charge in [0.25, 0.3) is 0 Å². The standard InChI is InChI=1S/C16H13ClO/c17-15-3-1-2-11(9-15)12-4-5-14-10-16(18)7-6-13(14)8-12/h1-5,8-9H,6-7,10H2. The molecule has 0 amide bonds. The number of benzene rings is 2. The van der Waals surface area contributed by atoms with E-state index < -0.39 is 0 Å². The quantitative estimate of drug-likeness (QED) is 0.752. The minimum Gasteiger partial charge on any atom is -0.299 e. The van der Waals surface area contributed by atoms with E-state index >= 15 is 0 Å². The zero-order chi connectivity index (χ0) is 12.5. The molecule has 0 aromatic heterocycles. The maximum Gasteiger partial charge on any atom is 0.137 e. The zero-order valence-corrected chi connectivity index (χ0v) is 10.7. The van der Waals surface area contributed by atoms with Crippen molar-refractivity contribution < 1.29 is 4.79 Å². The molecule has 0 aliphatic heterocycles. The van der Waals surface area contributed by atoms with Crippen molar-refractivity contribution in [3.63, 3.8) is 0 Å². The Bertz CT molecular complexity index is 616. The maximum absolute atomic E-state index is 11.4. The van der Waals surface area contributed by atoms with Crippen molar-refractivity contribution in [2.24, 2.45) is 0 Å². The highest BCUT2D eigenvalue weighted by atomic mass is 35.5. The molecule has 2 aromatic carbocycles. The fraction of sp³-hybridized carbons (Fsp3) is 0.188. The van der Waals surface area contributed by atoms with Crippen molar-refractivity contribution in [1.82, 2.24) is 0 Å². The minimum absolute atomic E-state index is 0.345. The van der Waals surface area contributed by atoms with Crippen LogP contribution in [0.1, 0.15) is 17.5 Å². The normalized spacial score (nSPS) is 14.4. The van der Waals surface area contributed by atoms with Gasteiger partial charge in [0.2, 0.25) is 0 Å². The molecule has 1 nitrogen and oxygen atoms in total. The number of carbonyl (C=O) groups is 1. The van der Waals surface area contributed by atoms with Crippen LogP contribution in [0.4, 0.5) is 0 Å². The van der Waals surface area contributed by atoms with Crippen molar-refractivity contribution in [2.45, 2.75) is 19.3 Å². The van der Waals surface area contributed by atoms with Crippen LogP contribution < -0.4 is 0 Å². The van der Waals surface area contributed by atoms with Gasteiger partial charge in [-0.05, 0) is 40.8 Å². The Labute approximate surface area is 111 Å². The molecule has 1 aliphatic carbocycles. The predicted octanol–water partition coefficient (Wildman–Crippen LogP) is 4.06. The number of halogens is 1. The minimum atomic E-state index is 0.345. The van der Waals surface area contributed by atoms with Gasteiger partial charge in [0.15, 0.2) is 0 Å². The number of rotatable bonds is 1. The van der Waals surface area contributed by atoms with E-state index in [2.05, 4.69) is 24.3 Å². The Kier molecular flexibility index (Phi) is 2.92. The average Bonchev–Trinajstić information content (AvgIpc) is 2.38. The second-order valence-corrected chi connectivity index (χ2v) is 5.15. The van der Waals surface area contributed by atoms with E-state index in [9.17, 15) is 4.79 Å². The summed E-state index contributed by atoms with van der Waals surface area (Å²) in [6.45, 7) is 0. The molecule has 18 heavy (non-hydrogen) atoms. The summed E-state index contributed by atoms with van der Waals surface area (Å²) < 4.78 is 0. The third-order valence-corrected chi connectivity index (χ3v) is 3.66. The van der Waals surface area contributed by atoms with Crippen molar-refractivity contribution >= 4 is 17.4 Å². The molecule has 3 rings (SSSR count). The number of hydrogen-bond donors (Lipinski definition) is 0. The molecular weight excluding hydrogens is 244 g/mol. The molecule has 0 spiro atoms. The van der Waals surface area contributed by atoms with Crippen LogP contribution in [-0.2, 0) is 17.6 Å². The Morgan fingerprint density at radius 3 is 2.56 bits per heavy atom. The summed E-state index contributed by atoms with van der Waals surface area (Å²) in [5, 5.41) is 0.750. The summed E-state index contributed by atoms with van der Waals surface area (Å²) >= 11 is 6.01. The SMILES string of the molecule is O=C1CCc2cc(-c3cccc(Cl)c3)ccc2C1. The summed E-state index contributed by atoms with van der Waals surface area (Å²) in [5.41, 5.74) is 4.77. The highest BCUT2D eigenvalue weighted by molar-refractivity contribution is 6.30. The number of carbonyl (C=O) groups excluding carboxylic acids is 1. The molecule has 0 unspecified atom stereocenters. The third-order valence-electron chi connectivity index (χ3n) is 3.43. The largest absolute Gasteiger partial charge is 0.299 e. The van der Waals surface area contributed by atoms with Crippen molar-refractivity contribution in [1.29, 1.82) is 0 Å². The summed E-state index contributed by atoms with van der Waals surface area (Å²) in [5.74, 6) is 0.345. The number of ketones is 1. The third kappa shape index (κ3) is 2.19. The molecular formula is C16H13ClO. The molecule has 90 valence electrons. The lowest BCUT2D eigenvalue weighted by molar-refractivity contribution is -0.118. The summed E-state index contributed by atoms with van der Waals surface area (Å²) in [7, 11) is 0. The second kappa shape index (κ2) is 4.58. The molecule has 0 saturated carbocycles. The lowest BCUT2D eigenvalue weighted by atomic mass is 9.88. The Balaban J connectivity index is 2.02. The van der Waals surface area contributed by atoms with Crippen LogP contribution in [0.25, 0.3) is 11.1 Å². The zero-order valence-electron chi connectivity index (χ0n) is 9.95. The first-order valence-electron chi connectivity index (χ1n) is 6.12. The summed E-state index contributed by atoms with van der Waals surface area (Å²) in [6.07, 6.45) is 2.12. The topological polar surface area (TPSA) is 17.1 Å². The van der Waals surface area contributed by atoms with Crippen LogP contribution in [0.5, 0.6) is 0 Å². The average molecular weight is 257 g/mol. The highest BCUT2D eigenvalue weighted by Crippen LogP contribution is 2.27. The van der Waals surface area contributed by atoms with Crippen molar-refractivity contribution in [3.8, 4) is 11.1 Å². The van der Waals surface area contributed by atoms with Gasteiger partial charge in [0.1, 0.15) is 5.78 Å². The van der Waals surface area contributed by atoms with E-state index in [4.69, 9.17) is 11.6 Å². The molecule has 0 atom stereocenters. The molecule has 0 fully saturated rings.